The lowest BCUT2D eigenvalue weighted by atomic mass is 10.0. The number of fused-ring (bicyclic) bond motifs is 1. The number of amides is 1. The lowest BCUT2D eigenvalue weighted by molar-refractivity contribution is 0.0787. The number of para-hydroxylation sites is 1. The van der Waals surface area contributed by atoms with E-state index in [1.807, 2.05) is 61.6 Å². The third kappa shape index (κ3) is 4.22. The van der Waals surface area contributed by atoms with Gasteiger partial charge in [-0.2, -0.15) is 0 Å². The van der Waals surface area contributed by atoms with Gasteiger partial charge in [-0.25, -0.2) is 4.98 Å². The molecule has 1 amide bonds. The van der Waals surface area contributed by atoms with Gasteiger partial charge in [-0.3, -0.25) is 4.79 Å². The van der Waals surface area contributed by atoms with Crippen molar-refractivity contribution in [2.24, 2.45) is 0 Å². The number of carbonyl (C=O) groups is 1. The summed E-state index contributed by atoms with van der Waals surface area (Å²) in [4.78, 5) is 19.9. The number of benzene rings is 3. The Kier molecular flexibility index (Phi) is 5.82. The first-order valence-electron chi connectivity index (χ1n) is 10.0. The summed E-state index contributed by atoms with van der Waals surface area (Å²) in [7, 11) is 1.84. The number of halogens is 1. The lowest BCUT2D eigenvalue weighted by Crippen LogP contribution is -2.26. The number of pyridine rings is 1. The molecule has 0 atom stereocenters. The normalized spacial score (nSPS) is 10.9. The zero-order valence-corrected chi connectivity index (χ0v) is 17.9. The van der Waals surface area contributed by atoms with Gasteiger partial charge in [0.25, 0.3) is 5.91 Å². The van der Waals surface area contributed by atoms with Gasteiger partial charge in [0.05, 0.1) is 16.8 Å². The molecule has 0 aliphatic heterocycles. The van der Waals surface area contributed by atoms with Crippen molar-refractivity contribution in [1.82, 2.24) is 9.88 Å². The van der Waals surface area contributed by atoms with Crippen LogP contribution < -0.4 is 0 Å². The molecular weight excluding hydrogens is 392 g/mol. The maximum Gasteiger partial charge on any atom is 0.254 e. The third-order valence-corrected chi connectivity index (χ3v) is 5.54. The Morgan fingerprint density at radius 3 is 2.30 bits per heavy atom. The van der Waals surface area contributed by atoms with Gasteiger partial charge in [-0.15, -0.1) is 0 Å². The molecule has 0 fully saturated rings. The molecule has 0 radical (unpaired) electrons. The molecule has 0 aliphatic carbocycles. The number of hydrogen-bond donors (Lipinski definition) is 0. The number of nitrogens with zero attached hydrogens (tertiary/aromatic N) is 2. The highest BCUT2D eigenvalue weighted by atomic mass is 35.5. The largest absolute Gasteiger partial charge is 0.337 e. The lowest BCUT2D eigenvalue weighted by Gasteiger charge is -2.19. The number of carbonyl (C=O) groups excluding carboxylic acids is 1. The average molecular weight is 415 g/mol. The Balaban J connectivity index is 1.70. The molecule has 0 aliphatic rings. The SMILES string of the molecule is CCc1ccc(CN(C)C(=O)c2cc(-c3ccc(Cl)cc3)nc3ccccc23)cc1. The molecule has 1 heterocycles. The fourth-order valence-corrected chi connectivity index (χ4v) is 3.68. The second kappa shape index (κ2) is 8.68. The molecule has 3 nitrogen and oxygen atoms in total. The first kappa shape index (κ1) is 20.1. The topological polar surface area (TPSA) is 33.2 Å². The molecule has 3 aromatic carbocycles. The third-order valence-electron chi connectivity index (χ3n) is 5.28. The summed E-state index contributed by atoms with van der Waals surface area (Å²) in [6, 6.07) is 25.6. The van der Waals surface area contributed by atoms with Crippen LogP contribution in [0.4, 0.5) is 0 Å². The van der Waals surface area contributed by atoms with Crippen LogP contribution in [0.2, 0.25) is 5.02 Å². The number of aromatic nitrogens is 1. The predicted octanol–water partition coefficient (Wildman–Crippen LogP) is 6.39. The van der Waals surface area contributed by atoms with E-state index in [0.29, 0.717) is 17.1 Å². The summed E-state index contributed by atoms with van der Waals surface area (Å²) in [5, 5.41) is 1.53. The van der Waals surface area contributed by atoms with Crippen molar-refractivity contribution in [3.8, 4) is 11.3 Å². The van der Waals surface area contributed by atoms with Gasteiger partial charge in [0.15, 0.2) is 0 Å². The zero-order valence-electron chi connectivity index (χ0n) is 17.1. The second-order valence-electron chi connectivity index (χ2n) is 7.41. The minimum absolute atomic E-state index is 0.0246. The minimum atomic E-state index is -0.0246. The molecular formula is C26H23ClN2O. The summed E-state index contributed by atoms with van der Waals surface area (Å²) >= 11 is 6.03. The van der Waals surface area contributed by atoms with Crippen LogP contribution in [0.15, 0.2) is 78.9 Å². The van der Waals surface area contributed by atoms with Crippen LogP contribution in [-0.2, 0) is 13.0 Å². The summed E-state index contributed by atoms with van der Waals surface area (Å²) in [5.74, 6) is -0.0246. The standard InChI is InChI=1S/C26H23ClN2O/c1-3-18-8-10-19(11-9-18)17-29(2)26(30)23-16-25(20-12-14-21(27)15-13-20)28-24-7-5-4-6-22(23)24/h4-16H,3,17H2,1-2H3. The van der Waals surface area contributed by atoms with E-state index in [-0.39, 0.29) is 5.91 Å². The molecule has 0 N–H and O–H groups in total. The molecule has 4 rings (SSSR count). The van der Waals surface area contributed by atoms with E-state index in [1.54, 1.807) is 4.90 Å². The highest BCUT2D eigenvalue weighted by molar-refractivity contribution is 6.30. The van der Waals surface area contributed by atoms with Gasteiger partial charge < -0.3 is 4.90 Å². The molecule has 0 spiro atoms. The van der Waals surface area contributed by atoms with Gasteiger partial charge in [0.2, 0.25) is 0 Å². The molecule has 0 unspecified atom stereocenters. The quantitative estimate of drug-likeness (QED) is 0.379. The van der Waals surface area contributed by atoms with Crippen molar-refractivity contribution in [1.29, 1.82) is 0 Å². The first-order chi connectivity index (χ1) is 14.5. The van der Waals surface area contributed by atoms with Gasteiger partial charge in [0, 0.05) is 29.6 Å². The van der Waals surface area contributed by atoms with E-state index in [9.17, 15) is 4.79 Å². The van der Waals surface area contributed by atoms with Crippen molar-refractivity contribution >= 4 is 28.4 Å². The van der Waals surface area contributed by atoms with Gasteiger partial charge >= 0.3 is 0 Å². The van der Waals surface area contributed by atoms with Crippen molar-refractivity contribution in [2.75, 3.05) is 7.05 Å². The van der Waals surface area contributed by atoms with Crippen LogP contribution in [0.1, 0.15) is 28.4 Å². The maximum atomic E-state index is 13.4. The summed E-state index contributed by atoms with van der Waals surface area (Å²) in [6.45, 7) is 2.69. The summed E-state index contributed by atoms with van der Waals surface area (Å²) < 4.78 is 0. The Morgan fingerprint density at radius 2 is 1.60 bits per heavy atom. The van der Waals surface area contributed by atoms with Crippen LogP contribution in [0.3, 0.4) is 0 Å². The highest BCUT2D eigenvalue weighted by Crippen LogP contribution is 2.27. The van der Waals surface area contributed by atoms with E-state index in [4.69, 9.17) is 16.6 Å². The molecule has 0 saturated heterocycles. The summed E-state index contributed by atoms with van der Waals surface area (Å²) in [5.41, 5.74) is 5.54. The average Bonchev–Trinajstić information content (AvgIpc) is 2.78. The van der Waals surface area contributed by atoms with E-state index in [2.05, 4.69) is 31.2 Å². The van der Waals surface area contributed by atoms with Crippen molar-refractivity contribution < 1.29 is 4.79 Å². The van der Waals surface area contributed by atoms with Crippen molar-refractivity contribution in [2.45, 2.75) is 19.9 Å². The highest BCUT2D eigenvalue weighted by Gasteiger charge is 2.18. The Labute approximate surface area is 181 Å². The fourth-order valence-electron chi connectivity index (χ4n) is 3.55. The Morgan fingerprint density at radius 1 is 0.933 bits per heavy atom. The van der Waals surface area contributed by atoms with Crippen molar-refractivity contribution in [3.63, 3.8) is 0 Å². The molecule has 0 saturated carbocycles. The van der Waals surface area contributed by atoms with Crippen LogP contribution >= 0.6 is 11.6 Å². The number of aryl methyl sites for hydroxylation is 1. The summed E-state index contributed by atoms with van der Waals surface area (Å²) in [6.07, 6.45) is 1.01. The Bertz CT molecular complexity index is 1180. The van der Waals surface area contributed by atoms with Gasteiger partial charge in [-0.05, 0) is 41.8 Å². The van der Waals surface area contributed by atoms with Gasteiger partial charge in [-0.1, -0.05) is 73.1 Å². The Hall–Kier alpha value is -3.17. The molecule has 1 aromatic heterocycles. The van der Waals surface area contributed by atoms with E-state index < -0.39 is 0 Å². The molecule has 30 heavy (non-hydrogen) atoms. The number of rotatable bonds is 5. The van der Waals surface area contributed by atoms with E-state index >= 15 is 0 Å². The van der Waals surface area contributed by atoms with Crippen LogP contribution in [0, 0.1) is 0 Å². The van der Waals surface area contributed by atoms with Crippen LogP contribution in [-0.4, -0.2) is 22.8 Å². The van der Waals surface area contributed by atoms with E-state index in [0.717, 1.165) is 34.1 Å². The fraction of sp³-hybridized carbons (Fsp3) is 0.154. The van der Waals surface area contributed by atoms with Crippen LogP contribution in [0.25, 0.3) is 22.2 Å². The maximum absolute atomic E-state index is 13.4. The predicted molar refractivity (Wildman–Crippen MR) is 124 cm³/mol. The zero-order chi connectivity index (χ0) is 21.1. The monoisotopic (exact) mass is 414 g/mol. The van der Waals surface area contributed by atoms with Crippen LogP contribution in [0.5, 0.6) is 0 Å². The smallest absolute Gasteiger partial charge is 0.254 e. The molecule has 4 heteroatoms. The van der Waals surface area contributed by atoms with Crippen molar-refractivity contribution in [3.05, 3.63) is 101 Å². The molecule has 4 aromatic rings. The first-order valence-corrected chi connectivity index (χ1v) is 10.4. The molecule has 150 valence electrons. The minimum Gasteiger partial charge on any atom is -0.337 e. The second-order valence-corrected chi connectivity index (χ2v) is 7.85. The molecule has 0 bridgehead atoms. The number of hydrogen-bond acceptors (Lipinski definition) is 2. The van der Waals surface area contributed by atoms with Gasteiger partial charge in [0.1, 0.15) is 0 Å². The van der Waals surface area contributed by atoms with E-state index in [1.165, 1.54) is 5.56 Å².